The van der Waals surface area contributed by atoms with E-state index in [0.29, 0.717) is 11.5 Å². The summed E-state index contributed by atoms with van der Waals surface area (Å²) < 4.78 is 11.4. The Labute approximate surface area is 110 Å². The molecule has 3 rings (SSSR count). The molecule has 0 aliphatic carbocycles. The minimum atomic E-state index is -1.13. The van der Waals surface area contributed by atoms with Crippen molar-refractivity contribution >= 4 is 21.1 Å². The first-order chi connectivity index (χ1) is 9.13. The Hall–Kier alpha value is -1.09. The molecule has 0 bridgehead atoms. The van der Waals surface area contributed by atoms with Crippen molar-refractivity contribution in [2.45, 2.75) is 24.5 Å². The highest BCUT2D eigenvalue weighted by Crippen LogP contribution is 2.41. The number of hydrogen-bond acceptors (Lipinski definition) is 9. The fourth-order valence-electron chi connectivity index (χ4n) is 2.15. The molecule has 0 aromatic heterocycles. The van der Waals surface area contributed by atoms with Gasteiger partial charge in [0.05, 0.1) is 12.8 Å². The molecule has 1 saturated heterocycles. The van der Waals surface area contributed by atoms with Crippen LogP contribution >= 0.6 is 8.88 Å². The number of aliphatic hydroxyl groups excluding tert-OH is 3. The third kappa shape index (κ3) is 1.95. The zero-order valence-corrected chi connectivity index (χ0v) is 10.8. The molecule has 0 amide bonds. The number of ether oxygens (including phenoxy) is 1. The van der Waals surface area contributed by atoms with Crippen molar-refractivity contribution in [2.75, 3.05) is 6.61 Å². The summed E-state index contributed by atoms with van der Waals surface area (Å²) in [4.78, 5) is 3.95. The minimum absolute atomic E-state index is 0.0257. The van der Waals surface area contributed by atoms with Crippen molar-refractivity contribution in [3.8, 4) is 0 Å². The van der Waals surface area contributed by atoms with Gasteiger partial charge in [-0.2, -0.15) is 0 Å². The number of nitrogens with two attached hydrogens (primary N) is 1. The molecule has 3 heterocycles. The summed E-state index contributed by atoms with van der Waals surface area (Å²) in [6.45, 7) is -0.362. The molecule has 10 heteroatoms. The third-order valence-corrected chi connectivity index (χ3v) is 4.18. The molecule has 3 aliphatic heterocycles. The number of aliphatic imine (C=N–C) groups is 1. The van der Waals surface area contributed by atoms with Crippen LogP contribution in [0, 0.1) is 0 Å². The molecule has 0 spiro atoms. The van der Waals surface area contributed by atoms with E-state index in [1.165, 1.54) is 11.3 Å². The van der Waals surface area contributed by atoms with Crippen molar-refractivity contribution in [2.24, 2.45) is 15.6 Å². The van der Waals surface area contributed by atoms with Crippen LogP contribution < -0.4 is 5.84 Å². The van der Waals surface area contributed by atoms with E-state index in [9.17, 15) is 10.2 Å². The van der Waals surface area contributed by atoms with Crippen LogP contribution in [0.5, 0.6) is 0 Å². The van der Waals surface area contributed by atoms with Gasteiger partial charge in [0, 0.05) is 0 Å². The molecule has 0 saturated carbocycles. The van der Waals surface area contributed by atoms with Gasteiger partial charge in [-0.3, -0.25) is 0 Å². The smallest absolute Gasteiger partial charge is 0.174 e. The van der Waals surface area contributed by atoms with E-state index in [4.69, 9.17) is 15.7 Å². The van der Waals surface area contributed by atoms with Gasteiger partial charge in [-0.15, -0.1) is 0 Å². The van der Waals surface area contributed by atoms with Gasteiger partial charge in [0.15, 0.2) is 12.1 Å². The first-order valence-corrected chi connectivity index (χ1v) is 6.55. The van der Waals surface area contributed by atoms with Crippen LogP contribution in [0.4, 0.5) is 0 Å². The number of hydrazine groups is 1. The van der Waals surface area contributed by atoms with Crippen LogP contribution in [0.25, 0.3) is 0 Å². The van der Waals surface area contributed by atoms with Crippen molar-refractivity contribution < 1.29 is 20.1 Å². The van der Waals surface area contributed by atoms with Crippen LogP contribution in [0.3, 0.4) is 0 Å². The fourth-order valence-corrected chi connectivity index (χ4v) is 3.17. The first-order valence-electron chi connectivity index (χ1n) is 5.66. The predicted octanol–water partition coefficient (Wildman–Crippen LogP) is -2.29. The average Bonchev–Trinajstić information content (AvgIpc) is 2.94. The highest BCUT2D eigenvalue weighted by molar-refractivity contribution is 7.35. The number of nitrogens with zero attached hydrogens (tertiary/aromatic N) is 4. The maximum Gasteiger partial charge on any atom is 0.174 e. The summed E-state index contributed by atoms with van der Waals surface area (Å²) in [6, 6.07) is 0. The second kappa shape index (κ2) is 4.78. The molecule has 0 aromatic rings. The van der Waals surface area contributed by atoms with Crippen LogP contribution in [-0.2, 0) is 4.74 Å². The molecule has 3 aliphatic rings. The van der Waals surface area contributed by atoms with Gasteiger partial charge in [-0.05, 0) is 0 Å². The van der Waals surface area contributed by atoms with E-state index in [0.717, 1.165) is 0 Å². The quantitative estimate of drug-likeness (QED) is 0.332. The second-order valence-corrected chi connectivity index (χ2v) is 5.23. The highest BCUT2D eigenvalue weighted by Gasteiger charge is 2.47. The van der Waals surface area contributed by atoms with Crippen LogP contribution in [0.2, 0.25) is 0 Å². The Morgan fingerprint density at radius 3 is 2.89 bits per heavy atom. The summed E-state index contributed by atoms with van der Waals surface area (Å²) in [5.74, 6) is 6.23. The maximum atomic E-state index is 9.99. The number of hydrogen-bond donors (Lipinski definition) is 4. The Morgan fingerprint density at radius 2 is 2.21 bits per heavy atom. The molecule has 5 atom stereocenters. The van der Waals surface area contributed by atoms with Gasteiger partial charge in [-0.1, -0.05) is 0 Å². The van der Waals surface area contributed by atoms with E-state index in [-0.39, 0.29) is 15.5 Å². The Morgan fingerprint density at radius 1 is 1.42 bits per heavy atom. The minimum Gasteiger partial charge on any atom is -0.394 e. The standard InChI is InChI=1S/C9H14N5O4P/c10-13-3-11-1-4-8(13)12-19-14(4)9-7(17)6(16)5(2-15)18-9/h1,3,5-7,9,15-17,19H,2,10H2/t5-,6-,7-,9-/m1/s1. The lowest BCUT2D eigenvalue weighted by Gasteiger charge is -2.29. The van der Waals surface area contributed by atoms with Crippen molar-refractivity contribution in [3.05, 3.63) is 11.9 Å². The van der Waals surface area contributed by atoms with Gasteiger partial charge < -0.3 is 24.7 Å². The predicted molar refractivity (Wildman–Crippen MR) is 68.0 cm³/mol. The second-order valence-electron chi connectivity index (χ2n) is 4.32. The van der Waals surface area contributed by atoms with Crippen LogP contribution in [-0.4, -0.2) is 68.3 Å². The van der Waals surface area contributed by atoms with E-state index in [1.54, 1.807) is 10.9 Å². The highest BCUT2D eigenvalue weighted by atomic mass is 31.1. The molecule has 9 nitrogen and oxygen atoms in total. The molecule has 104 valence electrons. The monoisotopic (exact) mass is 287 g/mol. The summed E-state index contributed by atoms with van der Waals surface area (Å²) in [7, 11) is -0.0257. The Kier molecular flexibility index (Phi) is 3.25. The van der Waals surface area contributed by atoms with Gasteiger partial charge in [0.2, 0.25) is 0 Å². The summed E-state index contributed by atoms with van der Waals surface area (Å²) in [6.07, 6.45) is -0.858. The summed E-state index contributed by atoms with van der Waals surface area (Å²) in [5, 5.41) is 30.1. The van der Waals surface area contributed by atoms with Crippen molar-refractivity contribution in [1.82, 2.24) is 9.68 Å². The van der Waals surface area contributed by atoms with Gasteiger partial charge in [-0.25, -0.2) is 20.6 Å². The van der Waals surface area contributed by atoms with Crippen LogP contribution in [0.1, 0.15) is 0 Å². The molecule has 0 aromatic carbocycles. The lowest BCUT2D eigenvalue weighted by Crippen LogP contribution is -2.44. The normalized spacial score (nSPS) is 38.7. The fraction of sp³-hybridized carbons (Fsp3) is 0.556. The molecule has 1 fully saturated rings. The lowest BCUT2D eigenvalue weighted by atomic mass is 10.1. The van der Waals surface area contributed by atoms with E-state index < -0.39 is 24.5 Å². The first kappa shape index (κ1) is 12.9. The zero-order valence-electron chi connectivity index (χ0n) is 9.79. The van der Waals surface area contributed by atoms with E-state index in [2.05, 4.69) is 9.76 Å². The average molecular weight is 287 g/mol. The molecular weight excluding hydrogens is 273 g/mol. The van der Waals surface area contributed by atoms with E-state index >= 15 is 0 Å². The number of aliphatic hydroxyl groups is 3. The number of fused-ring (bicyclic) bond motifs is 1. The van der Waals surface area contributed by atoms with Gasteiger partial charge in [0.25, 0.3) is 0 Å². The molecule has 19 heavy (non-hydrogen) atoms. The SMILES string of the molecule is NN1C=NC=C2C1=NPN2[C@@H]1O[C@H](CO)[C@@H](O)[C@H]1O. The van der Waals surface area contributed by atoms with Gasteiger partial charge >= 0.3 is 0 Å². The number of amidine groups is 1. The summed E-state index contributed by atoms with van der Waals surface area (Å²) in [5.41, 5.74) is 0.623. The van der Waals surface area contributed by atoms with E-state index in [1.807, 2.05) is 0 Å². The van der Waals surface area contributed by atoms with Crippen LogP contribution in [0.15, 0.2) is 21.7 Å². The molecular formula is C9H14N5O4P. The molecule has 5 N–H and O–H groups in total. The Balaban J connectivity index is 1.82. The Bertz CT molecular complexity index is 470. The largest absolute Gasteiger partial charge is 0.394 e. The zero-order chi connectivity index (χ0) is 13.6. The third-order valence-electron chi connectivity index (χ3n) is 3.16. The lowest BCUT2D eigenvalue weighted by molar-refractivity contribution is -0.0539. The van der Waals surface area contributed by atoms with Crippen molar-refractivity contribution in [3.63, 3.8) is 0 Å². The number of rotatable bonds is 2. The van der Waals surface area contributed by atoms with Gasteiger partial charge in [0.1, 0.15) is 39.2 Å². The topological polar surface area (TPSA) is 127 Å². The maximum absolute atomic E-state index is 9.99. The van der Waals surface area contributed by atoms with Crippen molar-refractivity contribution in [1.29, 1.82) is 0 Å². The molecule has 1 unspecified atom stereocenters. The molecule has 0 radical (unpaired) electrons. The summed E-state index contributed by atoms with van der Waals surface area (Å²) >= 11 is 0.